The molecule has 0 saturated carbocycles. The van der Waals surface area contributed by atoms with Crippen LogP contribution in [0.1, 0.15) is 31.2 Å². The molecule has 0 aliphatic carbocycles. The van der Waals surface area contributed by atoms with E-state index >= 15 is 0 Å². The summed E-state index contributed by atoms with van der Waals surface area (Å²) >= 11 is 0. The Bertz CT molecular complexity index is 608. The molecular formula is C13H11NO8-2. The number of carbonyl (C=O) groups excluding carboxylic acids is 3. The number of esters is 1. The van der Waals surface area contributed by atoms with Gasteiger partial charge in [-0.25, -0.2) is 0 Å². The first-order valence-corrected chi connectivity index (χ1v) is 6.07. The second kappa shape index (κ2) is 7.16. The number of nitro benzene ring substituents is 1. The molecule has 0 N–H and O–H groups in total. The lowest BCUT2D eigenvalue weighted by molar-refractivity contribution is -0.384. The molecule has 0 radical (unpaired) electrons. The molecule has 0 atom stereocenters. The van der Waals surface area contributed by atoms with Crippen molar-refractivity contribution in [1.29, 1.82) is 0 Å². The highest BCUT2D eigenvalue weighted by atomic mass is 16.6. The molecule has 9 heteroatoms. The van der Waals surface area contributed by atoms with Gasteiger partial charge in [-0.1, -0.05) is 0 Å². The van der Waals surface area contributed by atoms with Crippen molar-refractivity contribution >= 4 is 23.6 Å². The third kappa shape index (κ3) is 4.85. The first-order valence-electron chi connectivity index (χ1n) is 6.07. The molecule has 9 nitrogen and oxygen atoms in total. The zero-order valence-electron chi connectivity index (χ0n) is 11.4. The number of hydrogen-bond donors (Lipinski definition) is 0. The second-order valence-corrected chi connectivity index (χ2v) is 4.42. The number of rotatable bonds is 7. The quantitative estimate of drug-likeness (QED) is 0.266. The van der Waals surface area contributed by atoms with E-state index in [2.05, 4.69) is 0 Å². The number of hydrogen-bond acceptors (Lipinski definition) is 8. The zero-order valence-corrected chi connectivity index (χ0v) is 11.4. The Morgan fingerprint density at radius 1 is 1.18 bits per heavy atom. The lowest BCUT2D eigenvalue weighted by Gasteiger charge is -2.20. The van der Waals surface area contributed by atoms with Gasteiger partial charge in [0.2, 0.25) is 0 Å². The summed E-state index contributed by atoms with van der Waals surface area (Å²) < 4.78 is 4.81. The van der Waals surface area contributed by atoms with E-state index in [-0.39, 0.29) is 17.0 Å². The molecule has 1 aromatic carbocycles. The van der Waals surface area contributed by atoms with E-state index in [4.69, 9.17) is 4.74 Å². The summed E-state index contributed by atoms with van der Waals surface area (Å²) in [4.78, 5) is 42.5. The number of benzene rings is 1. The van der Waals surface area contributed by atoms with Gasteiger partial charge in [-0.3, -0.25) is 14.9 Å². The van der Waals surface area contributed by atoms with Gasteiger partial charge in [-0.2, -0.15) is 0 Å². The maximum Gasteiger partial charge on any atom is 0.308 e. The van der Waals surface area contributed by atoms with Crippen LogP contribution in [-0.2, 0) is 14.4 Å². The van der Waals surface area contributed by atoms with Crippen molar-refractivity contribution in [1.82, 2.24) is 0 Å². The van der Waals surface area contributed by atoms with Crippen LogP contribution in [0.15, 0.2) is 18.2 Å². The molecule has 0 aromatic heterocycles. The summed E-state index contributed by atoms with van der Waals surface area (Å²) in [6.45, 7) is 1.05. The van der Waals surface area contributed by atoms with Crippen LogP contribution < -0.4 is 14.9 Å². The molecule has 0 aliphatic rings. The van der Waals surface area contributed by atoms with E-state index in [1.807, 2.05) is 0 Å². The molecule has 0 spiro atoms. The highest BCUT2D eigenvalue weighted by molar-refractivity contribution is 5.73. The first kappa shape index (κ1) is 17.1. The fraction of sp³-hybridized carbons (Fsp3) is 0.308. The monoisotopic (exact) mass is 309 g/mol. The van der Waals surface area contributed by atoms with Crippen LogP contribution in [0.5, 0.6) is 5.75 Å². The van der Waals surface area contributed by atoms with Crippen LogP contribution in [0.4, 0.5) is 5.69 Å². The lowest BCUT2D eigenvalue weighted by Crippen LogP contribution is -2.29. The Hall–Kier alpha value is -2.97. The molecule has 0 bridgehead atoms. The minimum atomic E-state index is -1.52. The molecule has 1 aromatic rings. The summed E-state index contributed by atoms with van der Waals surface area (Å²) in [6.07, 6.45) is -1.33. The maximum atomic E-state index is 11.1. The van der Waals surface area contributed by atoms with Crippen molar-refractivity contribution in [2.75, 3.05) is 0 Å². The van der Waals surface area contributed by atoms with Crippen LogP contribution in [0, 0.1) is 10.1 Å². The second-order valence-electron chi connectivity index (χ2n) is 4.42. The van der Waals surface area contributed by atoms with Crippen LogP contribution in [0.25, 0.3) is 0 Å². The number of nitrogens with zero attached hydrogens (tertiary/aromatic N) is 1. The summed E-state index contributed by atoms with van der Waals surface area (Å²) in [5, 5.41) is 32.2. The number of carbonyl (C=O) groups is 3. The predicted molar refractivity (Wildman–Crippen MR) is 66.4 cm³/mol. The summed E-state index contributed by atoms with van der Waals surface area (Å²) in [7, 11) is 0. The Morgan fingerprint density at radius 2 is 1.73 bits per heavy atom. The lowest BCUT2D eigenvalue weighted by atomic mass is 9.91. The summed E-state index contributed by atoms with van der Waals surface area (Å²) in [5.74, 6) is -5.20. The number of ether oxygens (including phenoxy) is 1. The van der Waals surface area contributed by atoms with Crippen molar-refractivity contribution in [2.45, 2.75) is 25.7 Å². The van der Waals surface area contributed by atoms with Crippen LogP contribution in [0.2, 0.25) is 0 Å². The zero-order chi connectivity index (χ0) is 16.9. The molecule has 0 saturated heterocycles. The minimum Gasteiger partial charge on any atom is -0.550 e. The van der Waals surface area contributed by atoms with Crippen LogP contribution in [-0.4, -0.2) is 22.8 Å². The molecule has 1 rings (SSSR count). The van der Waals surface area contributed by atoms with Crippen molar-refractivity contribution in [3.63, 3.8) is 0 Å². The van der Waals surface area contributed by atoms with Gasteiger partial charge >= 0.3 is 5.97 Å². The average Bonchev–Trinajstić information content (AvgIpc) is 2.35. The van der Waals surface area contributed by atoms with Gasteiger partial charge in [0, 0.05) is 24.9 Å². The van der Waals surface area contributed by atoms with E-state index in [1.54, 1.807) is 0 Å². The van der Waals surface area contributed by atoms with Gasteiger partial charge in [-0.05, 0) is 30.4 Å². The van der Waals surface area contributed by atoms with E-state index in [0.29, 0.717) is 0 Å². The van der Waals surface area contributed by atoms with E-state index in [1.165, 1.54) is 0 Å². The molecular weight excluding hydrogens is 298 g/mol. The summed E-state index contributed by atoms with van der Waals surface area (Å²) in [5.41, 5.74) is -0.352. The Labute approximate surface area is 124 Å². The normalized spacial score (nSPS) is 10.3. The van der Waals surface area contributed by atoms with Gasteiger partial charge in [0.05, 0.1) is 11.0 Å². The van der Waals surface area contributed by atoms with Crippen molar-refractivity contribution in [3.8, 4) is 5.75 Å². The molecule has 0 heterocycles. The van der Waals surface area contributed by atoms with Crippen LogP contribution in [0.3, 0.4) is 0 Å². The Balaban J connectivity index is 3.32. The average molecular weight is 309 g/mol. The van der Waals surface area contributed by atoms with Gasteiger partial charge in [0.15, 0.2) is 0 Å². The van der Waals surface area contributed by atoms with Crippen molar-refractivity contribution in [2.24, 2.45) is 0 Å². The van der Waals surface area contributed by atoms with E-state index in [0.717, 1.165) is 25.1 Å². The standard InChI is InChI=1S/C13H13NO8/c1-7(15)22-11-6-9(14(20)21)2-3-10(11)8(4-12(16)17)5-13(18)19/h2-3,6,8H,4-5H2,1H3,(H,16,17)(H,18,19)/p-2. The van der Waals surface area contributed by atoms with Crippen LogP contribution >= 0.6 is 0 Å². The highest BCUT2D eigenvalue weighted by Gasteiger charge is 2.21. The van der Waals surface area contributed by atoms with E-state index in [9.17, 15) is 34.7 Å². The number of aliphatic carboxylic acids is 2. The molecule has 0 amide bonds. The fourth-order valence-electron chi connectivity index (χ4n) is 1.91. The predicted octanol–water partition coefficient (Wildman–Crippen LogP) is -1.12. The maximum absolute atomic E-state index is 11.1. The molecule has 118 valence electrons. The smallest absolute Gasteiger partial charge is 0.308 e. The van der Waals surface area contributed by atoms with Crippen molar-refractivity contribution in [3.05, 3.63) is 33.9 Å². The highest BCUT2D eigenvalue weighted by Crippen LogP contribution is 2.34. The first-order chi connectivity index (χ1) is 10.2. The number of non-ortho nitro benzene ring substituents is 1. The number of nitro groups is 1. The third-order valence-electron chi connectivity index (χ3n) is 2.73. The van der Waals surface area contributed by atoms with Gasteiger partial charge < -0.3 is 24.5 Å². The van der Waals surface area contributed by atoms with Gasteiger partial charge in [0.25, 0.3) is 5.69 Å². The van der Waals surface area contributed by atoms with Gasteiger partial charge in [0.1, 0.15) is 5.75 Å². The summed E-state index contributed by atoms with van der Waals surface area (Å²) in [6, 6.07) is 3.13. The topological polar surface area (TPSA) is 150 Å². The molecule has 22 heavy (non-hydrogen) atoms. The Kier molecular flexibility index (Phi) is 5.56. The Morgan fingerprint density at radius 3 is 2.14 bits per heavy atom. The van der Waals surface area contributed by atoms with E-state index < -0.39 is 41.6 Å². The largest absolute Gasteiger partial charge is 0.550 e. The molecule has 0 fully saturated rings. The number of carboxylic acid groups (broad SMARTS) is 2. The van der Waals surface area contributed by atoms with Gasteiger partial charge in [-0.15, -0.1) is 0 Å². The minimum absolute atomic E-state index is 0.0363. The third-order valence-corrected chi connectivity index (χ3v) is 2.73. The van der Waals surface area contributed by atoms with Crippen molar-refractivity contribution < 1.29 is 34.3 Å². The SMILES string of the molecule is CC(=O)Oc1cc([N+](=O)[O-])ccc1C(CC(=O)[O-])CC(=O)[O-]. The molecule has 0 aliphatic heterocycles. The molecule has 0 unspecified atom stereocenters. The fourth-order valence-corrected chi connectivity index (χ4v) is 1.91. The number of carboxylic acids is 2.